The summed E-state index contributed by atoms with van der Waals surface area (Å²) in [6.45, 7) is 5.68. The normalized spacial score (nSPS) is 9.86. The number of hydrogen-bond acceptors (Lipinski definition) is 1. The average Bonchev–Trinajstić information content (AvgIpc) is 2.14. The van der Waals surface area contributed by atoms with E-state index in [1.165, 1.54) is 0 Å². The first-order chi connectivity index (χ1) is 6.59. The molecule has 0 aliphatic rings. The van der Waals surface area contributed by atoms with E-state index in [9.17, 15) is 4.79 Å². The highest BCUT2D eigenvalue weighted by Gasteiger charge is 2.05. The smallest absolute Gasteiger partial charge is 0.163 e. The van der Waals surface area contributed by atoms with Crippen LogP contribution in [0.25, 0.3) is 0 Å². The summed E-state index contributed by atoms with van der Waals surface area (Å²) in [4.78, 5) is 11.6. The quantitative estimate of drug-likeness (QED) is 0.542. The molecule has 0 heterocycles. The second kappa shape index (κ2) is 4.97. The molecule has 0 aromatic heterocycles. The van der Waals surface area contributed by atoms with Gasteiger partial charge in [0, 0.05) is 17.0 Å². The van der Waals surface area contributed by atoms with E-state index < -0.39 is 0 Å². The number of Topliss-reactive ketones (excluding diaryl/α,β-unsaturated/α-hetero) is 1. The van der Waals surface area contributed by atoms with Crippen LogP contribution in [0.1, 0.15) is 30.1 Å². The van der Waals surface area contributed by atoms with Crippen molar-refractivity contribution in [2.75, 3.05) is 0 Å². The molecule has 14 heavy (non-hydrogen) atoms. The summed E-state index contributed by atoms with van der Waals surface area (Å²) in [5, 5.41) is 0.603. The number of carbonyl (C=O) groups excluding carboxylic acids is 1. The predicted octanol–water partition coefficient (Wildman–Crippen LogP) is 3.88. The number of rotatable bonds is 4. The van der Waals surface area contributed by atoms with E-state index >= 15 is 0 Å². The molecule has 0 amide bonds. The maximum absolute atomic E-state index is 11.6. The summed E-state index contributed by atoms with van der Waals surface area (Å²) in [5.41, 5.74) is 1.71. The van der Waals surface area contributed by atoms with E-state index in [1.807, 2.05) is 6.92 Å². The Labute approximate surface area is 89.4 Å². The molecule has 1 aromatic carbocycles. The fourth-order valence-electron chi connectivity index (χ4n) is 1.13. The molecule has 1 nitrogen and oxygen atoms in total. The van der Waals surface area contributed by atoms with Crippen LogP contribution in [0.2, 0.25) is 5.02 Å². The van der Waals surface area contributed by atoms with Crippen LogP contribution in [0.15, 0.2) is 36.4 Å². The number of carbonyl (C=O) groups is 1. The van der Waals surface area contributed by atoms with Crippen molar-refractivity contribution in [3.05, 3.63) is 47.0 Å². The van der Waals surface area contributed by atoms with E-state index in [-0.39, 0.29) is 5.78 Å². The minimum absolute atomic E-state index is 0.121. The molecule has 0 radical (unpaired) electrons. The lowest BCUT2D eigenvalue weighted by atomic mass is 10.0. The summed E-state index contributed by atoms with van der Waals surface area (Å²) < 4.78 is 0. The molecule has 0 saturated heterocycles. The zero-order chi connectivity index (χ0) is 10.6. The van der Waals surface area contributed by atoms with Crippen LogP contribution in [0.4, 0.5) is 0 Å². The van der Waals surface area contributed by atoms with E-state index in [4.69, 9.17) is 11.6 Å². The minimum atomic E-state index is 0.121. The zero-order valence-corrected chi connectivity index (χ0v) is 8.97. The number of hydrogen-bond donors (Lipinski definition) is 0. The van der Waals surface area contributed by atoms with Gasteiger partial charge in [0.25, 0.3) is 0 Å². The minimum Gasteiger partial charge on any atom is -0.294 e. The summed E-state index contributed by atoms with van der Waals surface area (Å²) in [6, 6.07) is 7.03. The molecule has 0 fully saturated rings. The van der Waals surface area contributed by atoms with Crippen molar-refractivity contribution in [3.8, 4) is 0 Å². The average molecular weight is 209 g/mol. The van der Waals surface area contributed by atoms with Gasteiger partial charge in [-0.1, -0.05) is 29.3 Å². The monoisotopic (exact) mass is 208 g/mol. The van der Waals surface area contributed by atoms with Crippen molar-refractivity contribution >= 4 is 17.4 Å². The van der Waals surface area contributed by atoms with Crippen LogP contribution in [-0.4, -0.2) is 5.78 Å². The van der Waals surface area contributed by atoms with Crippen LogP contribution in [-0.2, 0) is 0 Å². The van der Waals surface area contributed by atoms with Gasteiger partial charge >= 0.3 is 0 Å². The third-order valence-corrected chi connectivity index (χ3v) is 2.16. The first kappa shape index (κ1) is 11.0. The van der Waals surface area contributed by atoms with Gasteiger partial charge in [0.15, 0.2) is 5.78 Å². The summed E-state index contributed by atoms with van der Waals surface area (Å²) in [5.74, 6) is 0.121. The van der Waals surface area contributed by atoms with Gasteiger partial charge in [0.1, 0.15) is 0 Å². The van der Waals surface area contributed by atoms with Gasteiger partial charge in [-0.3, -0.25) is 4.79 Å². The van der Waals surface area contributed by atoms with Gasteiger partial charge < -0.3 is 0 Å². The molecule has 0 unspecified atom stereocenters. The molecule has 0 atom stereocenters. The SMILES string of the molecule is C=C(C)CCC(=O)c1cccc(Cl)c1. The highest BCUT2D eigenvalue weighted by atomic mass is 35.5. The molecular formula is C12H13ClO. The first-order valence-corrected chi connectivity index (χ1v) is 4.90. The fourth-order valence-corrected chi connectivity index (χ4v) is 1.32. The first-order valence-electron chi connectivity index (χ1n) is 4.53. The Kier molecular flexibility index (Phi) is 3.90. The van der Waals surface area contributed by atoms with Gasteiger partial charge in [0.2, 0.25) is 0 Å². The van der Waals surface area contributed by atoms with Crippen LogP contribution in [0, 0.1) is 0 Å². The Morgan fingerprint density at radius 1 is 1.43 bits per heavy atom. The van der Waals surface area contributed by atoms with E-state index in [0.29, 0.717) is 17.0 Å². The second-order valence-electron chi connectivity index (χ2n) is 3.39. The molecule has 1 aromatic rings. The van der Waals surface area contributed by atoms with E-state index in [0.717, 1.165) is 12.0 Å². The Balaban J connectivity index is 2.65. The maximum Gasteiger partial charge on any atom is 0.163 e. The van der Waals surface area contributed by atoms with Crippen molar-refractivity contribution in [2.24, 2.45) is 0 Å². The molecule has 2 heteroatoms. The third-order valence-electron chi connectivity index (χ3n) is 1.93. The van der Waals surface area contributed by atoms with Crippen LogP contribution in [0.3, 0.4) is 0 Å². The lowest BCUT2D eigenvalue weighted by Gasteiger charge is -2.01. The van der Waals surface area contributed by atoms with Crippen molar-refractivity contribution in [3.63, 3.8) is 0 Å². The number of allylic oxidation sites excluding steroid dienone is 1. The summed E-state index contributed by atoms with van der Waals surface area (Å²) in [7, 11) is 0. The molecule has 0 N–H and O–H groups in total. The van der Waals surface area contributed by atoms with Crippen LogP contribution >= 0.6 is 11.6 Å². The molecule has 0 aliphatic heterocycles. The molecule has 0 aliphatic carbocycles. The topological polar surface area (TPSA) is 17.1 Å². The Morgan fingerprint density at radius 2 is 2.14 bits per heavy atom. The maximum atomic E-state index is 11.6. The van der Waals surface area contributed by atoms with Crippen molar-refractivity contribution in [1.29, 1.82) is 0 Å². The van der Waals surface area contributed by atoms with E-state index in [2.05, 4.69) is 6.58 Å². The fraction of sp³-hybridized carbons (Fsp3) is 0.250. The predicted molar refractivity (Wildman–Crippen MR) is 59.8 cm³/mol. The standard InChI is InChI=1S/C12H13ClO/c1-9(2)6-7-12(14)10-4-3-5-11(13)8-10/h3-5,8H,1,6-7H2,2H3. The Morgan fingerprint density at radius 3 is 2.71 bits per heavy atom. The van der Waals surface area contributed by atoms with Gasteiger partial charge in [-0.2, -0.15) is 0 Å². The third kappa shape index (κ3) is 3.35. The Bertz CT molecular complexity index is 355. The van der Waals surface area contributed by atoms with Gasteiger partial charge in [-0.05, 0) is 25.5 Å². The summed E-state index contributed by atoms with van der Waals surface area (Å²) in [6.07, 6.45) is 1.25. The van der Waals surface area contributed by atoms with Crippen LogP contribution < -0.4 is 0 Å². The highest BCUT2D eigenvalue weighted by Crippen LogP contribution is 2.14. The highest BCUT2D eigenvalue weighted by molar-refractivity contribution is 6.31. The Hall–Kier alpha value is -1.08. The number of ketones is 1. The van der Waals surface area contributed by atoms with Gasteiger partial charge in [-0.25, -0.2) is 0 Å². The molecule has 1 rings (SSSR count). The van der Waals surface area contributed by atoms with Gasteiger partial charge in [-0.15, -0.1) is 6.58 Å². The number of halogens is 1. The summed E-state index contributed by atoms with van der Waals surface area (Å²) >= 11 is 5.78. The molecule has 0 bridgehead atoms. The molecule has 0 spiro atoms. The molecule has 74 valence electrons. The lowest BCUT2D eigenvalue weighted by molar-refractivity contribution is 0.0983. The van der Waals surface area contributed by atoms with Crippen molar-refractivity contribution < 1.29 is 4.79 Å². The van der Waals surface area contributed by atoms with E-state index in [1.54, 1.807) is 24.3 Å². The van der Waals surface area contributed by atoms with Crippen molar-refractivity contribution in [1.82, 2.24) is 0 Å². The van der Waals surface area contributed by atoms with Gasteiger partial charge in [0.05, 0.1) is 0 Å². The zero-order valence-electron chi connectivity index (χ0n) is 8.22. The number of benzene rings is 1. The molecular weight excluding hydrogens is 196 g/mol. The molecule has 0 saturated carbocycles. The van der Waals surface area contributed by atoms with Crippen molar-refractivity contribution in [2.45, 2.75) is 19.8 Å². The largest absolute Gasteiger partial charge is 0.294 e. The van der Waals surface area contributed by atoms with Crippen LogP contribution in [0.5, 0.6) is 0 Å². The lowest BCUT2D eigenvalue weighted by Crippen LogP contribution is -1.98. The second-order valence-corrected chi connectivity index (χ2v) is 3.83.